The van der Waals surface area contributed by atoms with Gasteiger partial charge in [0.05, 0.1) is 7.11 Å². The molecule has 4 N–H and O–H groups in total. The van der Waals surface area contributed by atoms with E-state index in [0.29, 0.717) is 5.56 Å². The molecule has 0 saturated heterocycles. The summed E-state index contributed by atoms with van der Waals surface area (Å²) >= 11 is 0. The number of carbonyl (C=O) groups excluding carboxylic acids is 1. The highest BCUT2D eigenvalue weighted by atomic mass is 16.5. The molecule has 0 aliphatic rings. The molecule has 6 nitrogen and oxygen atoms in total. The minimum absolute atomic E-state index is 0.109. The lowest BCUT2D eigenvalue weighted by molar-refractivity contribution is 0.0987. The quantitative estimate of drug-likeness (QED) is 0.641. The number of hydrogen-bond donors (Lipinski definition) is 4. The highest BCUT2D eigenvalue weighted by molar-refractivity contribution is 6.02. The van der Waals surface area contributed by atoms with E-state index < -0.39 is 17.3 Å². The van der Waals surface area contributed by atoms with Crippen LogP contribution in [0.3, 0.4) is 0 Å². The number of benzene rings is 2. The Morgan fingerprint density at radius 1 is 1.00 bits per heavy atom. The van der Waals surface area contributed by atoms with Crippen molar-refractivity contribution in [3.63, 3.8) is 0 Å². The third-order valence-electron chi connectivity index (χ3n) is 2.97. The molecule has 0 unspecified atom stereocenters. The third-order valence-corrected chi connectivity index (χ3v) is 2.97. The number of ether oxygens (including phenoxy) is 1. The summed E-state index contributed by atoms with van der Waals surface area (Å²) < 4.78 is 4.90. The lowest BCUT2D eigenvalue weighted by Crippen LogP contribution is -2.04. The number of carbonyl (C=O) groups is 1. The summed E-state index contributed by atoms with van der Waals surface area (Å²) in [5.74, 6) is -1.73. The fraction of sp³-hybridized carbons (Fsp3) is 0.133. The Labute approximate surface area is 120 Å². The van der Waals surface area contributed by atoms with Crippen LogP contribution in [0.4, 0.5) is 0 Å². The number of phenols is 4. The van der Waals surface area contributed by atoms with Crippen LogP contribution >= 0.6 is 0 Å². The average Bonchev–Trinajstić information content (AvgIpc) is 2.37. The van der Waals surface area contributed by atoms with Gasteiger partial charge >= 0.3 is 0 Å². The molecule has 6 heteroatoms. The van der Waals surface area contributed by atoms with Gasteiger partial charge in [0, 0.05) is 18.6 Å². The standard InChI is InChI=1S/C15H14O6/c1-21-14-3-2-8(4-10(14)17)5-11(18)15-12(19)6-9(16)7-13(15)20/h2-4,6-7,16-17,19-20H,5H2,1H3. The van der Waals surface area contributed by atoms with Crippen molar-refractivity contribution in [2.75, 3.05) is 7.11 Å². The van der Waals surface area contributed by atoms with E-state index in [9.17, 15) is 25.2 Å². The molecule has 2 aromatic rings. The summed E-state index contributed by atoms with van der Waals surface area (Å²) in [4.78, 5) is 12.1. The molecule has 0 amide bonds. The van der Waals surface area contributed by atoms with Crippen molar-refractivity contribution >= 4 is 5.78 Å². The molecule has 0 radical (unpaired) electrons. The zero-order chi connectivity index (χ0) is 15.6. The zero-order valence-corrected chi connectivity index (χ0v) is 11.2. The molecule has 0 fully saturated rings. The van der Waals surface area contributed by atoms with Gasteiger partial charge in [-0.2, -0.15) is 0 Å². The molecule has 2 rings (SSSR count). The first-order valence-corrected chi connectivity index (χ1v) is 6.06. The summed E-state index contributed by atoms with van der Waals surface area (Å²) in [6.45, 7) is 0. The smallest absolute Gasteiger partial charge is 0.174 e. The number of hydrogen-bond acceptors (Lipinski definition) is 6. The van der Waals surface area contributed by atoms with Crippen LogP contribution in [0.25, 0.3) is 0 Å². The number of ketones is 1. The first kappa shape index (κ1) is 14.5. The van der Waals surface area contributed by atoms with E-state index in [4.69, 9.17) is 4.74 Å². The van der Waals surface area contributed by atoms with Crippen molar-refractivity contribution < 1.29 is 30.0 Å². The van der Waals surface area contributed by atoms with E-state index in [1.807, 2.05) is 0 Å². The van der Waals surface area contributed by atoms with E-state index in [-0.39, 0.29) is 29.2 Å². The van der Waals surface area contributed by atoms with Gasteiger partial charge in [0.1, 0.15) is 22.8 Å². The fourth-order valence-electron chi connectivity index (χ4n) is 2.00. The summed E-state index contributed by atoms with van der Waals surface area (Å²) in [5.41, 5.74) is 0.216. The number of phenolic OH excluding ortho intramolecular Hbond substituents is 4. The van der Waals surface area contributed by atoms with Crippen LogP contribution in [0.15, 0.2) is 30.3 Å². The molecular weight excluding hydrogens is 276 g/mol. The van der Waals surface area contributed by atoms with Gasteiger partial charge in [-0.05, 0) is 17.7 Å². The second-order valence-corrected chi connectivity index (χ2v) is 4.47. The molecular formula is C15H14O6. The monoisotopic (exact) mass is 290 g/mol. The third kappa shape index (κ3) is 3.00. The number of methoxy groups -OCH3 is 1. The maximum absolute atomic E-state index is 12.1. The van der Waals surface area contributed by atoms with E-state index in [0.717, 1.165) is 12.1 Å². The van der Waals surface area contributed by atoms with Crippen molar-refractivity contribution in [3.05, 3.63) is 41.5 Å². The number of Topliss-reactive ketones (excluding diaryl/α,β-unsaturated/α-hetero) is 1. The molecule has 0 saturated carbocycles. The Kier molecular flexibility index (Phi) is 3.89. The topological polar surface area (TPSA) is 107 Å². The Morgan fingerprint density at radius 2 is 1.62 bits per heavy atom. The summed E-state index contributed by atoms with van der Waals surface area (Å²) in [6.07, 6.45) is -0.135. The Bertz CT molecular complexity index is 670. The molecule has 0 aliphatic heterocycles. The van der Waals surface area contributed by atoms with Crippen LogP contribution < -0.4 is 4.74 Å². The number of aromatic hydroxyl groups is 4. The normalized spacial score (nSPS) is 10.3. The highest BCUT2D eigenvalue weighted by Gasteiger charge is 2.18. The van der Waals surface area contributed by atoms with Crippen molar-refractivity contribution in [3.8, 4) is 28.7 Å². The molecule has 0 heterocycles. The minimum Gasteiger partial charge on any atom is -0.508 e. The molecule has 0 bridgehead atoms. The van der Waals surface area contributed by atoms with Crippen molar-refractivity contribution in [2.45, 2.75) is 6.42 Å². The maximum atomic E-state index is 12.1. The van der Waals surface area contributed by atoms with Crippen molar-refractivity contribution in [1.29, 1.82) is 0 Å². The van der Waals surface area contributed by atoms with Gasteiger partial charge in [0.15, 0.2) is 17.3 Å². The van der Waals surface area contributed by atoms with Crippen LogP contribution in [-0.2, 0) is 6.42 Å². The fourth-order valence-corrected chi connectivity index (χ4v) is 2.00. The second kappa shape index (κ2) is 5.62. The minimum atomic E-state index is -0.547. The van der Waals surface area contributed by atoms with Gasteiger partial charge in [0.25, 0.3) is 0 Å². The molecule has 0 aliphatic carbocycles. The van der Waals surface area contributed by atoms with E-state index >= 15 is 0 Å². The number of rotatable bonds is 4. The lowest BCUT2D eigenvalue weighted by atomic mass is 10.0. The molecule has 2 aromatic carbocycles. The van der Waals surface area contributed by atoms with Gasteiger partial charge in [-0.1, -0.05) is 6.07 Å². The first-order chi connectivity index (χ1) is 9.92. The van der Waals surface area contributed by atoms with E-state index in [1.54, 1.807) is 6.07 Å². The Hall–Kier alpha value is -2.89. The summed E-state index contributed by atoms with van der Waals surface area (Å²) in [5, 5.41) is 38.2. The predicted molar refractivity (Wildman–Crippen MR) is 74.1 cm³/mol. The average molecular weight is 290 g/mol. The molecule has 0 spiro atoms. The zero-order valence-electron chi connectivity index (χ0n) is 11.2. The van der Waals surface area contributed by atoms with Gasteiger partial charge in [-0.15, -0.1) is 0 Å². The lowest BCUT2D eigenvalue weighted by Gasteiger charge is -2.08. The van der Waals surface area contributed by atoms with Gasteiger partial charge in [-0.25, -0.2) is 0 Å². The molecule has 110 valence electrons. The SMILES string of the molecule is COc1ccc(CC(=O)c2c(O)cc(O)cc2O)cc1O. The second-order valence-electron chi connectivity index (χ2n) is 4.47. The van der Waals surface area contributed by atoms with Gasteiger partial charge in [-0.3, -0.25) is 4.79 Å². The molecule has 0 aromatic heterocycles. The molecule has 21 heavy (non-hydrogen) atoms. The Morgan fingerprint density at radius 3 is 2.14 bits per heavy atom. The van der Waals surface area contributed by atoms with Crippen molar-refractivity contribution in [2.24, 2.45) is 0 Å². The van der Waals surface area contributed by atoms with E-state index in [1.165, 1.54) is 19.2 Å². The van der Waals surface area contributed by atoms with Gasteiger partial charge in [0.2, 0.25) is 0 Å². The Balaban J connectivity index is 2.28. The van der Waals surface area contributed by atoms with Crippen LogP contribution in [0, 0.1) is 0 Å². The van der Waals surface area contributed by atoms with Crippen LogP contribution in [0.2, 0.25) is 0 Å². The van der Waals surface area contributed by atoms with E-state index in [2.05, 4.69) is 0 Å². The summed E-state index contributed by atoms with van der Waals surface area (Å²) in [7, 11) is 1.41. The first-order valence-electron chi connectivity index (χ1n) is 6.06. The maximum Gasteiger partial charge on any atom is 0.174 e. The largest absolute Gasteiger partial charge is 0.508 e. The van der Waals surface area contributed by atoms with Crippen LogP contribution in [0.5, 0.6) is 28.7 Å². The van der Waals surface area contributed by atoms with Crippen LogP contribution in [-0.4, -0.2) is 33.3 Å². The molecule has 0 atom stereocenters. The van der Waals surface area contributed by atoms with Gasteiger partial charge < -0.3 is 25.2 Å². The summed E-state index contributed by atoms with van der Waals surface area (Å²) in [6, 6.07) is 6.40. The van der Waals surface area contributed by atoms with Crippen molar-refractivity contribution in [1.82, 2.24) is 0 Å². The predicted octanol–water partition coefficient (Wildman–Crippen LogP) is 1.94. The van der Waals surface area contributed by atoms with Crippen LogP contribution in [0.1, 0.15) is 15.9 Å². The highest BCUT2D eigenvalue weighted by Crippen LogP contribution is 2.33.